The lowest BCUT2D eigenvalue weighted by Gasteiger charge is -2.17. The fraction of sp³-hybridized carbons (Fsp3) is 0.632. The fourth-order valence-electron chi connectivity index (χ4n) is 3.10. The first-order valence-corrected chi connectivity index (χ1v) is 10.5. The van der Waals surface area contributed by atoms with Gasteiger partial charge in [-0.15, -0.1) is 0 Å². The number of nitrogen functional groups attached to an aromatic ring is 1. The summed E-state index contributed by atoms with van der Waals surface area (Å²) in [5.74, 6) is 4.96. The van der Waals surface area contributed by atoms with Crippen molar-refractivity contribution in [2.24, 2.45) is 10.2 Å². The lowest BCUT2D eigenvalue weighted by atomic mass is 10.2. The summed E-state index contributed by atoms with van der Waals surface area (Å²) >= 11 is 0. The van der Waals surface area contributed by atoms with E-state index in [1.54, 1.807) is 6.92 Å². The molecule has 188 valence electrons. The number of amides is 1. The molecular weight excluding hydrogens is 464 g/mol. The number of nitrogens with zero attached hydrogens (tertiary/aromatic N) is 8. The van der Waals surface area contributed by atoms with Crippen molar-refractivity contribution in [1.82, 2.24) is 14.9 Å². The first-order valence-electron chi connectivity index (χ1n) is 10.5. The minimum atomic E-state index is -0.730. The van der Waals surface area contributed by atoms with E-state index in [-0.39, 0.29) is 44.3 Å². The first-order chi connectivity index (χ1) is 16.9. The van der Waals surface area contributed by atoms with E-state index >= 15 is 0 Å². The molecule has 0 radical (unpaired) electrons. The molecule has 1 fully saturated rings. The summed E-state index contributed by atoms with van der Waals surface area (Å²) < 4.78 is 23.0. The Morgan fingerprint density at radius 1 is 1.49 bits per heavy atom. The van der Waals surface area contributed by atoms with Gasteiger partial charge in [0.25, 0.3) is 0 Å². The van der Waals surface area contributed by atoms with Crippen LogP contribution in [0.5, 0.6) is 0 Å². The van der Waals surface area contributed by atoms with E-state index in [1.807, 2.05) is 0 Å². The molecule has 1 aliphatic heterocycles. The van der Waals surface area contributed by atoms with Gasteiger partial charge < -0.3 is 30.0 Å². The number of aromatic nitrogens is 2. The Bertz CT molecular complexity index is 1090. The van der Waals surface area contributed by atoms with Crippen molar-refractivity contribution in [3.8, 4) is 11.8 Å². The maximum Gasteiger partial charge on any atom is 0.351 e. The standard InChI is InChI=1S/C19H26N10O6/c1-3-16(26-28-22)33-10-15(30)23-6-4-5-12-8-29(19(31)25-18(12)20)17-7-13(34-11-24-27-21)14(35-17)9-32-2/h8,13-14,16-17H,3,6-7,9-11H2,1-2H3,(H,23,30)(H2,20,25,31). The van der Waals surface area contributed by atoms with E-state index in [9.17, 15) is 9.59 Å². The molecule has 1 saturated heterocycles. The first kappa shape index (κ1) is 27.4. The summed E-state index contributed by atoms with van der Waals surface area (Å²) in [7, 11) is 1.50. The number of azide groups is 2. The van der Waals surface area contributed by atoms with Crippen molar-refractivity contribution in [3.63, 3.8) is 0 Å². The summed E-state index contributed by atoms with van der Waals surface area (Å²) in [4.78, 5) is 33.4. The molecule has 16 heteroatoms. The van der Waals surface area contributed by atoms with Crippen LogP contribution >= 0.6 is 0 Å². The molecule has 0 aromatic carbocycles. The number of hydrogen-bond acceptors (Lipinski definition) is 10. The van der Waals surface area contributed by atoms with Crippen LogP contribution in [0.15, 0.2) is 21.2 Å². The average Bonchev–Trinajstić information content (AvgIpc) is 3.23. The Labute approximate surface area is 199 Å². The summed E-state index contributed by atoms with van der Waals surface area (Å²) in [6.45, 7) is 1.45. The number of nitrogens with one attached hydrogen (secondary N) is 1. The lowest BCUT2D eigenvalue weighted by Crippen LogP contribution is -2.30. The quantitative estimate of drug-likeness (QED) is 0.185. The van der Waals surface area contributed by atoms with E-state index < -0.39 is 36.3 Å². The predicted molar refractivity (Wildman–Crippen MR) is 121 cm³/mol. The van der Waals surface area contributed by atoms with E-state index in [1.165, 1.54) is 17.9 Å². The molecule has 4 unspecified atom stereocenters. The third-order valence-electron chi connectivity index (χ3n) is 4.75. The number of nitrogens with two attached hydrogens (primary N) is 1. The molecule has 0 aliphatic carbocycles. The number of anilines is 1. The Hall–Kier alpha value is -3.83. The van der Waals surface area contributed by atoms with Crippen LogP contribution in [-0.4, -0.2) is 67.5 Å². The van der Waals surface area contributed by atoms with Gasteiger partial charge in [-0.25, -0.2) is 4.79 Å². The Morgan fingerprint density at radius 2 is 2.29 bits per heavy atom. The van der Waals surface area contributed by atoms with Gasteiger partial charge in [-0.2, -0.15) is 4.98 Å². The highest BCUT2D eigenvalue weighted by Gasteiger charge is 2.37. The number of carbonyl (C=O) groups is 1. The van der Waals surface area contributed by atoms with Crippen LogP contribution in [0, 0.1) is 11.8 Å². The second-order valence-corrected chi connectivity index (χ2v) is 7.07. The smallest absolute Gasteiger partial charge is 0.351 e. The molecule has 1 aromatic heterocycles. The fourth-order valence-corrected chi connectivity index (χ4v) is 3.10. The van der Waals surface area contributed by atoms with E-state index in [0.717, 1.165) is 0 Å². The van der Waals surface area contributed by atoms with Crippen LogP contribution in [0.3, 0.4) is 0 Å². The molecule has 3 N–H and O–H groups in total. The van der Waals surface area contributed by atoms with Gasteiger partial charge in [0.05, 0.1) is 24.8 Å². The van der Waals surface area contributed by atoms with Crippen molar-refractivity contribution in [2.75, 3.05) is 39.3 Å². The van der Waals surface area contributed by atoms with Crippen LogP contribution in [0.1, 0.15) is 31.6 Å². The minimum Gasteiger partial charge on any atom is -0.382 e. The minimum absolute atomic E-state index is 0.0236. The summed E-state index contributed by atoms with van der Waals surface area (Å²) in [5.41, 5.74) is 22.3. The van der Waals surface area contributed by atoms with Crippen molar-refractivity contribution in [2.45, 2.75) is 44.4 Å². The molecule has 0 bridgehead atoms. The molecule has 0 saturated carbocycles. The second-order valence-electron chi connectivity index (χ2n) is 7.07. The molecule has 1 aliphatic rings. The van der Waals surface area contributed by atoms with Gasteiger partial charge in [0, 0.05) is 29.6 Å². The molecule has 16 nitrogen and oxygen atoms in total. The van der Waals surface area contributed by atoms with Gasteiger partial charge in [-0.3, -0.25) is 9.36 Å². The number of methoxy groups -OCH3 is 1. The summed E-state index contributed by atoms with van der Waals surface area (Å²) in [6, 6.07) is 0. The van der Waals surface area contributed by atoms with Gasteiger partial charge in [-0.1, -0.05) is 29.0 Å². The zero-order valence-corrected chi connectivity index (χ0v) is 19.2. The van der Waals surface area contributed by atoms with Crippen LogP contribution in [0.2, 0.25) is 0 Å². The van der Waals surface area contributed by atoms with Gasteiger partial charge >= 0.3 is 5.69 Å². The van der Waals surface area contributed by atoms with Gasteiger partial charge in [-0.05, 0) is 17.5 Å². The van der Waals surface area contributed by atoms with Gasteiger partial charge in [0.2, 0.25) is 5.91 Å². The van der Waals surface area contributed by atoms with Crippen molar-refractivity contribution >= 4 is 11.7 Å². The van der Waals surface area contributed by atoms with E-state index in [4.69, 9.17) is 35.7 Å². The Balaban J connectivity index is 2.04. The number of ether oxygens (including phenoxy) is 4. The summed E-state index contributed by atoms with van der Waals surface area (Å²) in [6.07, 6.45) is -0.316. The van der Waals surface area contributed by atoms with Crippen LogP contribution in [-0.2, 0) is 23.7 Å². The van der Waals surface area contributed by atoms with E-state index in [0.29, 0.717) is 6.42 Å². The highest BCUT2D eigenvalue weighted by atomic mass is 16.6. The SMILES string of the molecule is CCC(N=[N+]=[N-])OCC(=O)NCC#Cc1cn(C2CC(OCN=[N+]=[N-])C(COC)O2)c(=O)nc1N. The Morgan fingerprint density at radius 3 is 2.97 bits per heavy atom. The number of rotatable bonds is 12. The molecule has 2 rings (SSSR count). The molecule has 4 atom stereocenters. The third-order valence-corrected chi connectivity index (χ3v) is 4.75. The topological polar surface area (TPSA) is 224 Å². The third kappa shape index (κ3) is 8.47. The molecule has 35 heavy (non-hydrogen) atoms. The highest BCUT2D eigenvalue weighted by Crippen LogP contribution is 2.30. The number of hydrogen-bond donors (Lipinski definition) is 2. The average molecular weight is 490 g/mol. The zero-order valence-electron chi connectivity index (χ0n) is 19.2. The van der Waals surface area contributed by atoms with Crippen molar-refractivity contribution in [1.29, 1.82) is 0 Å². The van der Waals surface area contributed by atoms with Crippen molar-refractivity contribution < 1.29 is 23.7 Å². The van der Waals surface area contributed by atoms with Gasteiger partial charge in [0.1, 0.15) is 37.7 Å². The van der Waals surface area contributed by atoms with Crippen LogP contribution in [0.4, 0.5) is 5.82 Å². The lowest BCUT2D eigenvalue weighted by molar-refractivity contribution is -0.127. The molecule has 1 aromatic rings. The van der Waals surface area contributed by atoms with Crippen LogP contribution in [0.25, 0.3) is 20.9 Å². The molecule has 0 spiro atoms. The maximum absolute atomic E-state index is 12.4. The Kier molecular flexibility index (Phi) is 11.3. The molecule has 2 heterocycles. The number of carbonyl (C=O) groups excluding carboxylic acids is 1. The van der Waals surface area contributed by atoms with Crippen molar-refractivity contribution in [3.05, 3.63) is 43.1 Å². The zero-order chi connectivity index (χ0) is 25.6. The normalized spacial score (nSPS) is 19.5. The van der Waals surface area contributed by atoms with E-state index in [2.05, 4.69) is 42.2 Å². The monoisotopic (exact) mass is 490 g/mol. The molecule has 1 amide bonds. The predicted octanol–water partition coefficient (Wildman–Crippen LogP) is 0.943. The summed E-state index contributed by atoms with van der Waals surface area (Å²) in [5, 5.41) is 9.29. The van der Waals surface area contributed by atoms with Crippen LogP contribution < -0.4 is 16.7 Å². The highest BCUT2D eigenvalue weighted by molar-refractivity contribution is 5.77. The molecular formula is C19H26N10O6. The van der Waals surface area contributed by atoms with Gasteiger partial charge in [0.15, 0.2) is 0 Å². The second kappa shape index (κ2) is 14.4. The maximum atomic E-state index is 12.4. The largest absolute Gasteiger partial charge is 0.382 e.